The maximum absolute atomic E-state index is 13.8. The van der Waals surface area contributed by atoms with Gasteiger partial charge in [0.05, 0.1) is 17.1 Å². The van der Waals surface area contributed by atoms with Gasteiger partial charge in [-0.3, -0.25) is 14.4 Å². The molecule has 9 nitrogen and oxygen atoms in total. The van der Waals surface area contributed by atoms with E-state index >= 15 is 0 Å². The number of ether oxygens (including phenoxy) is 1. The lowest BCUT2D eigenvalue weighted by atomic mass is 9.96. The lowest BCUT2D eigenvalue weighted by Crippen LogP contribution is -2.56. The summed E-state index contributed by atoms with van der Waals surface area (Å²) in [5, 5.41) is 21.1. The summed E-state index contributed by atoms with van der Waals surface area (Å²) in [5.74, 6) is -1.06. The van der Waals surface area contributed by atoms with E-state index in [1.165, 1.54) is 0 Å². The molecular weight excluding hydrogens is 580 g/mol. The van der Waals surface area contributed by atoms with Gasteiger partial charge in [0.1, 0.15) is 30.2 Å². The fourth-order valence-corrected chi connectivity index (χ4v) is 5.01. The zero-order valence-corrected chi connectivity index (χ0v) is 27.1. The molecule has 3 amide bonds. The van der Waals surface area contributed by atoms with Gasteiger partial charge in [-0.15, -0.1) is 0 Å². The number of fused-ring (bicyclic) bond motifs is 1. The number of rotatable bonds is 13. The Hall–Kier alpha value is -4.76. The van der Waals surface area contributed by atoms with Crippen LogP contribution in [0.1, 0.15) is 67.4 Å². The van der Waals surface area contributed by atoms with Gasteiger partial charge in [0.25, 0.3) is 11.8 Å². The van der Waals surface area contributed by atoms with Crippen molar-refractivity contribution in [2.45, 2.75) is 71.2 Å². The Labute approximate surface area is 270 Å². The number of benzene rings is 3. The predicted molar refractivity (Wildman–Crippen MR) is 180 cm³/mol. The molecule has 1 unspecified atom stereocenters. The molecule has 0 saturated heterocycles. The Morgan fingerprint density at radius 1 is 0.848 bits per heavy atom. The summed E-state index contributed by atoms with van der Waals surface area (Å²) in [6.07, 6.45) is -0.193. The average molecular weight is 625 g/mol. The van der Waals surface area contributed by atoms with Crippen LogP contribution < -0.4 is 20.7 Å². The zero-order chi connectivity index (χ0) is 33.3. The van der Waals surface area contributed by atoms with Crippen molar-refractivity contribution in [3.8, 4) is 5.75 Å². The number of amides is 3. The van der Waals surface area contributed by atoms with Crippen molar-refractivity contribution in [1.82, 2.24) is 20.9 Å². The Kier molecular flexibility index (Phi) is 11.5. The lowest BCUT2D eigenvalue weighted by Gasteiger charge is -2.29. The summed E-state index contributed by atoms with van der Waals surface area (Å²) >= 11 is 0. The molecule has 4 atom stereocenters. The molecule has 0 spiro atoms. The Morgan fingerprint density at radius 2 is 1.52 bits per heavy atom. The molecule has 0 fully saturated rings. The molecule has 9 heteroatoms. The van der Waals surface area contributed by atoms with E-state index in [4.69, 9.17) is 4.74 Å². The van der Waals surface area contributed by atoms with Crippen LogP contribution in [-0.4, -0.2) is 58.1 Å². The smallest absolute Gasteiger partial charge is 0.270 e. The van der Waals surface area contributed by atoms with E-state index < -0.39 is 35.5 Å². The van der Waals surface area contributed by atoms with E-state index in [0.29, 0.717) is 29.7 Å². The van der Waals surface area contributed by atoms with Gasteiger partial charge >= 0.3 is 0 Å². The first-order valence-corrected chi connectivity index (χ1v) is 15.7. The molecule has 0 bridgehead atoms. The Balaban J connectivity index is 1.52. The van der Waals surface area contributed by atoms with Crippen LogP contribution in [0.2, 0.25) is 0 Å². The van der Waals surface area contributed by atoms with Crippen molar-refractivity contribution in [2.75, 3.05) is 6.61 Å². The van der Waals surface area contributed by atoms with Gasteiger partial charge in [-0.1, -0.05) is 87.0 Å². The lowest BCUT2D eigenvalue weighted by molar-refractivity contribution is -0.125. The molecule has 4 aromatic rings. The van der Waals surface area contributed by atoms with Crippen LogP contribution in [0.25, 0.3) is 10.9 Å². The minimum absolute atomic E-state index is 0.182. The SMILES string of the molecule is CCC(C)[C@H](NC(=O)c1ccc2ccccc2n1)C(=O)N[C@@H](Cc1ccccc1)[C@@H](O)COc1ccccc1C(=O)NC(C)(C)C. The van der Waals surface area contributed by atoms with Crippen LogP contribution in [0.4, 0.5) is 0 Å². The van der Waals surface area contributed by atoms with Gasteiger partial charge < -0.3 is 25.8 Å². The van der Waals surface area contributed by atoms with Crippen molar-refractivity contribution in [1.29, 1.82) is 0 Å². The first-order valence-electron chi connectivity index (χ1n) is 15.7. The molecule has 46 heavy (non-hydrogen) atoms. The number of nitrogens with one attached hydrogen (secondary N) is 3. The summed E-state index contributed by atoms with van der Waals surface area (Å²) in [6, 6.07) is 25.7. The topological polar surface area (TPSA) is 130 Å². The normalized spacial score (nSPS) is 14.0. The number of nitrogens with zero attached hydrogens (tertiary/aromatic N) is 1. The highest BCUT2D eigenvalue weighted by molar-refractivity contribution is 5.98. The van der Waals surface area contributed by atoms with Crippen LogP contribution in [0, 0.1) is 5.92 Å². The summed E-state index contributed by atoms with van der Waals surface area (Å²) < 4.78 is 5.98. The number of aromatic nitrogens is 1. The van der Waals surface area contributed by atoms with Crippen LogP contribution in [0.5, 0.6) is 5.75 Å². The van der Waals surface area contributed by atoms with E-state index in [9.17, 15) is 19.5 Å². The highest BCUT2D eigenvalue weighted by atomic mass is 16.5. The van der Waals surface area contributed by atoms with Gasteiger partial charge in [-0.25, -0.2) is 4.98 Å². The van der Waals surface area contributed by atoms with Crippen molar-refractivity contribution in [3.05, 3.63) is 108 Å². The number of carbonyl (C=O) groups excluding carboxylic acids is 3. The molecular formula is C37H44N4O5. The number of para-hydroxylation sites is 2. The summed E-state index contributed by atoms with van der Waals surface area (Å²) in [4.78, 5) is 44.5. The second-order valence-corrected chi connectivity index (χ2v) is 12.6. The Bertz CT molecular complexity index is 1640. The largest absolute Gasteiger partial charge is 0.490 e. The van der Waals surface area contributed by atoms with Crippen LogP contribution in [-0.2, 0) is 11.2 Å². The molecule has 0 aliphatic heterocycles. The predicted octanol–water partition coefficient (Wildman–Crippen LogP) is 5.08. The molecule has 0 aliphatic carbocycles. The van der Waals surface area contributed by atoms with Crippen molar-refractivity contribution < 1.29 is 24.2 Å². The van der Waals surface area contributed by atoms with E-state index in [1.807, 2.05) is 95.3 Å². The number of carbonyl (C=O) groups is 3. The molecule has 1 aromatic heterocycles. The van der Waals surface area contributed by atoms with Gasteiger partial charge in [0.2, 0.25) is 5.91 Å². The standard InChI is InChI=1S/C37H44N4O5/c1-6-24(2)33(40-35(44)29-21-20-26-16-10-12-18-28(26)38-29)36(45)39-30(22-25-14-8-7-9-15-25)31(42)23-46-32-19-13-11-17-27(32)34(43)41-37(3,4)5/h7-21,24,30-31,33,42H,6,22-23H2,1-5H3,(H,39,45)(H,40,44)(H,41,43)/t24?,30-,31-,33-/m0/s1. The fraction of sp³-hybridized carbons (Fsp3) is 0.351. The first kappa shape index (κ1) is 34.1. The average Bonchev–Trinajstić information content (AvgIpc) is 3.04. The first-order chi connectivity index (χ1) is 21.9. The molecule has 0 saturated carbocycles. The molecule has 4 N–H and O–H groups in total. The number of aliphatic hydroxyl groups excluding tert-OH is 1. The third kappa shape index (κ3) is 9.37. The van der Waals surface area contributed by atoms with Crippen LogP contribution in [0.15, 0.2) is 91.0 Å². The van der Waals surface area contributed by atoms with E-state index in [2.05, 4.69) is 20.9 Å². The number of aliphatic hydroxyl groups is 1. The number of hydrogen-bond acceptors (Lipinski definition) is 6. The van der Waals surface area contributed by atoms with Gasteiger partial charge in [0, 0.05) is 10.9 Å². The van der Waals surface area contributed by atoms with Gasteiger partial charge in [-0.05, 0) is 62.9 Å². The summed E-state index contributed by atoms with van der Waals surface area (Å²) in [6.45, 7) is 9.33. The van der Waals surface area contributed by atoms with Gasteiger partial charge in [-0.2, -0.15) is 0 Å². The molecule has 242 valence electrons. The quantitative estimate of drug-likeness (QED) is 0.164. The van der Waals surface area contributed by atoms with E-state index in [-0.39, 0.29) is 24.1 Å². The van der Waals surface area contributed by atoms with Crippen LogP contribution >= 0.6 is 0 Å². The molecule has 0 aliphatic rings. The molecule has 3 aromatic carbocycles. The molecule has 4 rings (SSSR count). The fourth-order valence-electron chi connectivity index (χ4n) is 5.01. The maximum atomic E-state index is 13.8. The van der Waals surface area contributed by atoms with Crippen LogP contribution in [0.3, 0.4) is 0 Å². The third-order valence-corrected chi connectivity index (χ3v) is 7.73. The second-order valence-electron chi connectivity index (χ2n) is 12.6. The minimum atomic E-state index is -1.14. The Morgan fingerprint density at radius 3 is 2.24 bits per heavy atom. The zero-order valence-electron chi connectivity index (χ0n) is 27.1. The molecule has 0 radical (unpaired) electrons. The summed E-state index contributed by atoms with van der Waals surface area (Å²) in [7, 11) is 0. The monoisotopic (exact) mass is 624 g/mol. The highest BCUT2D eigenvalue weighted by Gasteiger charge is 2.31. The van der Waals surface area contributed by atoms with Gasteiger partial charge in [0.15, 0.2) is 0 Å². The van der Waals surface area contributed by atoms with Crippen molar-refractivity contribution >= 4 is 28.6 Å². The van der Waals surface area contributed by atoms with E-state index in [0.717, 1.165) is 10.9 Å². The number of hydrogen-bond donors (Lipinski definition) is 4. The molecule has 1 heterocycles. The maximum Gasteiger partial charge on any atom is 0.270 e. The van der Waals surface area contributed by atoms with Crippen molar-refractivity contribution in [3.63, 3.8) is 0 Å². The minimum Gasteiger partial charge on any atom is -0.490 e. The van der Waals surface area contributed by atoms with Crippen molar-refractivity contribution in [2.24, 2.45) is 5.92 Å². The van der Waals surface area contributed by atoms with E-state index in [1.54, 1.807) is 30.3 Å². The summed E-state index contributed by atoms with van der Waals surface area (Å²) in [5.41, 5.74) is 1.70. The number of pyridine rings is 1. The highest BCUT2D eigenvalue weighted by Crippen LogP contribution is 2.20. The second kappa shape index (κ2) is 15.5. The third-order valence-electron chi connectivity index (χ3n) is 7.73.